The number of carbonyl (C=O) groups excluding carboxylic acids is 2. The lowest BCUT2D eigenvalue weighted by molar-refractivity contribution is -0.115. The highest BCUT2D eigenvalue weighted by Gasteiger charge is 2.26. The van der Waals surface area contributed by atoms with Gasteiger partial charge >= 0.3 is 0 Å². The third kappa shape index (κ3) is 5.54. The number of aromatic nitrogens is 3. The number of hydrogen-bond donors (Lipinski definition) is 1. The SMILES string of the molecule is COCCOc1cc(/C=C2\SC(=O)NC2=O)nc(N2CCCN(c3ccncc3)CC2)n1. The number of nitrogens with one attached hydrogen (secondary N) is 1. The zero-order valence-electron chi connectivity index (χ0n) is 17.7. The van der Waals surface area contributed by atoms with Gasteiger partial charge in [-0.25, -0.2) is 4.98 Å². The average molecular weight is 457 g/mol. The lowest BCUT2D eigenvalue weighted by atomic mass is 10.3. The summed E-state index contributed by atoms with van der Waals surface area (Å²) >= 11 is 0.853. The molecule has 2 amide bonds. The number of rotatable bonds is 7. The summed E-state index contributed by atoms with van der Waals surface area (Å²) in [7, 11) is 1.60. The Morgan fingerprint density at radius 1 is 1.09 bits per heavy atom. The number of nitrogens with zero attached hydrogens (tertiary/aromatic N) is 5. The molecule has 2 aromatic heterocycles. The predicted molar refractivity (Wildman–Crippen MR) is 122 cm³/mol. The fourth-order valence-corrected chi connectivity index (χ4v) is 4.10. The molecule has 11 heteroatoms. The largest absolute Gasteiger partial charge is 0.475 e. The van der Waals surface area contributed by atoms with Crippen molar-refractivity contribution in [2.75, 3.05) is 56.3 Å². The lowest BCUT2D eigenvalue weighted by Gasteiger charge is -2.24. The van der Waals surface area contributed by atoms with E-state index in [1.54, 1.807) is 31.6 Å². The fourth-order valence-electron chi connectivity index (χ4n) is 3.43. The van der Waals surface area contributed by atoms with E-state index in [9.17, 15) is 9.59 Å². The van der Waals surface area contributed by atoms with Crippen molar-refractivity contribution in [3.05, 3.63) is 41.2 Å². The zero-order valence-corrected chi connectivity index (χ0v) is 18.5. The van der Waals surface area contributed by atoms with Crippen LogP contribution in [0.3, 0.4) is 0 Å². The number of carbonyl (C=O) groups is 2. The normalized spacial score (nSPS) is 18.1. The smallest absolute Gasteiger partial charge is 0.290 e. The van der Waals surface area contributed by atoms with Gasteiger partial charge in [0.05, 0.1) is 17.2 Å². The van der Waals surface area contributed by atoms with E-state index < -0.39 is 11.1 Å². The Bertz CT molecular complexity index is 1000. The Balaban J connectivity index is 1.56. The Hall–Kier alpha value is -3.18. The first kappa shape index (κ1) is 22.0. The molecule has 0 unspecified atom stereocenters. The van der Waals surface area contributed by atoms with Crippen LogP contribution in [0.25, 0.3) is 6.08 Å². The molecule has 2 fully saturated rings. The third-order valence-electron chi connectivity index (χ3n) is 4.98. The van der Waals surface area contributed by atoms with Crippen molar-refractivity contribution in [2.45, 2.75) is 6.42 Å². The maximum atomic E-state index is 12.0. The van der Waals surface area contributed by atoms with E-state index in [2.05, 4.69) is 30.1 Å². The van der Waals surface area contributed by atoms with Crippen LogP contribution in [-0.2, 0) is 9.53 Å². The second kappa shape index (κ2) is 10.4. The molecule has 1 N–H and O–H groups in total. The molecule has 4 rings (SSSR count). The Labute approximate surface area is 190 Å². The second-order valence-electron chi connectivity index (χ2n) is 7.16. The van der Waals surface area contributed by atoms with Gasteiger partial charge in [0, 0.05) is 57.4 Å². The molecular weight excluding hydrogens is 432 g/mol. The van der Waals surface area contributed by atoms with Gasteiger partial charge in [-0.15, -0.1) is 0 Å². The van der Waals surface area contributed by atoms with Gasteiger partial charge in [0.2, 0.25) is 11.8 Å². The number of pyridine rings is 1. The molecule has 0 saturated carbocycles. The number of anilines is 2. The molecule has 4 heterocycles. The molecule has 10 nitrogen and oxygen atoms in total. The number of ether oxygens (including phenoxy) is 2. The molecule has 2 saturated heterocycles. The standard InChI is InChI=1S/C21H24N6O4S/c1-30-11-12-31-18-14-15(13-17-19(28)25-21(29)32-17)23-20(24-18)27-8-2-7-26(9-10-27)16-3-5-22-6-4-16/h3-6,13-14H,2,7-12H2,1H3,(H,25,28,29)/b17-13-. The molecule has 2 aliphatic heterocycles. The number of methoxy groups -OCH3 is 1. The number of hydrogen-bond acceptors (Lipinski definition) is 10. The van der Waals surface area contributed by atoms with Crippen LogP contribution in [0.5, 0.6) is 5.88 Å². The van der Waals surface area contributed by atoms with Gasteiger partial charge in [-0.3, -0.25) is 19.9 Å². The molecule has 0 atom stereocenters. The number of imide groups is 1. The first-order valence-electron chi connectivity index (χ1n) is 10.3. The van der Waals surface area contributed by atoms with E-state index >= 15 is 0 Å². The Morgan fingerprint density at radius 2 is 1.88 bits per heavy atom. The molecule has 2 aliphatic rings. The first-order chi connectivity index (χ1) is 15.6. The van der Waals surface area contributed by atoms with Gasteiger partial charge in [0.1, 0.15) is 6.61 Å². The minimum Gasteiger partial charge on any atom is -0.475 e. The van der Waals surface area contributed by atoms with E-state index in [0.29, 0.717) is 35.6 Å². The van der Waals surface area contributed by atoms with Crippen molar-refractivity contribution in [3.63, 3.8) is 0 Å². The summed E-state index contributed by atoms with van der Waals surface area (Å²) < 4.78 is 10.8. The van der Waals surface area contributed by atoms with Gasteiger partial charge < -0.3 is 19.3 Å². The molecule has 0 aliphatic carbocycles. The van der Waals surface area contributed by atoms with Crippen molar-refractivity contribution in [1.82, 2.24) is 20.3 Å². The summed E-state index contributed by atoms with van der Waals surface area (Å²) in [6, 6.07) is 5.67. The topological polar surface area (TPSA) is 110 Å². The minimum absolute atomic E-state index is 0.294. The third-order valence-corrected chi connectivity index (χ3v) is 5.79. The molecule has 0 radical (unpaired) electrons. The molecule has 2 aromatic rings. The van der Waals surface area contributed by atoms with Crippen LogP contribution >= 0.6 is 11.8 Å². The van der Waals surface area contributed by atoms with Crippen molar-refractivity contribution in [3.8, 4) is 5.88 Å². The van der Waals surface area contributed by atoms with Crippen molar-refractivity contribution < 1.29 is 19.1 Å². The second-order valence-corrected chi connectivity index (χ2v) is 8.17. The molecular formula is C21H24N6O4S. The summed E-state index contributed by atoms with van der Waals surface area (Å²) in [4.78, 5) is 41.5. The van der Waals surface area contributed by atoms with Crippen molar-refractivity contribution in [1.29, 1.82) is 0 Å². The van der Waals surface area contributed by atoms with Gasteiger partial charge in [0.25, 0.3) is 11.1 Å². The van der Waals surface area contributed by atoms with E-state index in [1.807, 2.05) is 12.1 Å². The minimum atomic E-state index is -0.426. The van der Waals surface area contributed by atoms with Gasteiger partial charge in [0.15, 0.2) is 0 Å². The van der Waals surface area contributed by atoms with E-state index in [-0.39, 0.29) is 0 Å². The number of amides is 2. The first-order valence-corrected chi connectivity index (χ1v) is 11.1. The molecule has 168 valence electrons. The summed E-state index contributed by atoms with van der Waals surface area (Å²) in [6.07, 6.45) is 6.11. The zero-order chi connectivity index (χ0) is 22.3. The van der Waals surface area contributed by atoms with Crippen LogP contribution in [0.2, 0.25) is 0 Å². The highest BCUT2D eigenvalue weighted by atomic mass is 32.2. The summed E-state index contributed by atoms with van der Waals surface area (Å²) in [5, 5.41) is 1.86. The lowest BCUT2D eigenvalue weighted by Crippen LogP contribution is -2.31. The molecule has 0 bridgehead atoms. The molecule has 0 aromatic carbocycles. The quantitative estimate of drug-likeness (QED) is 0.490. The monoisotopic (exact) mass is 456 g/mol. The Morgan fingerprint density at radius 3 is 2.62 bits per heavy atom. The van der Waals surface area contributed by atoms with E-state index in [4.69, 9.17) is 9.47 Å². The predicted octanol–water partition coefficient (Wildman–Crippen LogP) is 1.94. The van der Waals surface area contributed by atoms with Gasteiger partial charge in [-0.05, 0) is 36.4 Å². The maximum absolute atomic E-state index is 12.0. The summed E-state index contributed by atoms with van der Waals surface area (Å²) in [6.45, 7) is 4.01. The van der Waals surface area contributed by atoms with Crippen LogP contribution < -0.4 is 19.9 Å². The Kier molecular flexibility index (Phi) is 7.17. The molecule has 32 heavy (non-hydrogen) atoms. The summed E-state index contributed by atoms with van der Waals surface area (Å²) in [5.74, 6) is 0.492. The van der Waals surface area contributed by atoms with Crippen LogP contribution in [0.1, 0.15) is 12.1 Å². The molecule has 0 spiro atoms. The summed E-state index contributed by atoms with van der Waals surface area (Å²) in [5.41, 5.74) is 1.64. The van der Waals surface area contributed by atoms with E-state index in [1.165, 1.54) is 0 Å². The van der Waals surface area contributed by atoms with Gasteiger partial charge in [-0.1, -0.05) is 0 Å². The number of thioether (sulfide) groups is 1. The van der Waals surface area contributed by atoms with Crippen LogP contribution in [0, 0.1) is 0 Å². The van der Waals surface area contributed by atoms with E-state index in [0.717, 1.165) is 50.0 Å². The van der Waals surface area contributed by atoms with Crippen LogP contribution in [0.4, 0.5) is 16.4 Å². The van der Waals surface area contributed by atoms with Crippen LogP contribution in [0.15, 0.2) is 35.5 Å². The van der Waals surface area contributed by atoms with Crippen molar-refractivity contribution >= 4 is 40.6 Å². The maximum Gasteiger partial charge on any atom is 0.290 e. The average Bonchev–Trinajstić information content (AvgIpc) is 2.98. The fraction of sp³-hybridized carbons (Fsp3) is 0.381. The van der Waals surface area contributed by atoms with Crippen molar-refractivity contribution in [2.24, 2.45) is 0 Å². The van der Waals surface area contributed by atoms with Crippen LogP contribution in [-0.4, -0.2) is 72.6 Å². The highest BCUT2D eigenvalue weighted by Crippen LogP contribution is 2.27. The highest BCUT2D eigenvalue weighted by molar-refractivity contribution is 8.18. The van der Waals surface area contributed by atoms with Gasteiger partial charge in [-0.2, -0.15) is 4.98 Å².